The van der Waals surface area contributed by atoms with E-state index in [1.54, 1.807) is 0 Å². The van der Waals surface area contributed by atoms with Gasteiger partial charge in [0, 0.05) is 24.2 Å². The first-order chi connectivity index (χ1) is 13.6. The van der Waals surface area contributed by atoms with E-state index < -0.39 is 17.0 Å². The molecule has 0 aromatic carbocycles. The minimum atomic E-state index is -1.42. The van der Waals surface area contributed by atoms with E-state index in [4.69, 9.17) is 9.47 Å². The molecule has 0 bridgehead atoms. The molecule has 1 spiro atoms. The summed E-state index contributed by atoms with van der Waals surface area (Å²) in [6.45, 7) is 5.39. The zero-order valence-electron chi connectivity index (χ0n) is 17.8. The molecule has 4 aliphatic carbocycles. The van der Waals surface area contributed by atoms with E-state index in [0.29, 0.717) is 18.3 Å². The van der Waals surface area contributed by atoms with Crippen molar-refractivity contribution in [2.75, 3.05) is 6.61 Å². The van der Waals surface area contributed by atoms with Crippen LogP contribution in [0.5, 0.6) is 0 Å². The molecule has 1 saturated heterocycles. The Hall–Kier alpha value is -0.980. The van der Waals surface area contributed by atoms with Crippen LogP contribution in [0.4, 0.5) is 0 Å². The Balaban J connectivity index is 1.42. The molecule has 1 aliphatic heterocycles. The molecule has 4 saturated carbocycles. The first-order valence-electron chi connectivity index (χ1n) is 11.3. The highest BCUT2D eigenvalue weighted by Gasteiger charge is 2.77. The molecule has 5 aliphatic rings. The summed E-state index contributed by atoms with van der Waals surface area (Å²) < 4.78 is 11.3. The lowest BCUT2D eigenvalue weighted by atomic mass is 9.44. The number of aliphatic hydroxyl groups excluding tert-OH is 1. The fraction of sp³-hybridized carbons (Fsp3) is 0.913. The zero-order valence-corrected chi connectivity index (χ0v) is 17.8. The second-order valence-corrected chi connectivity index (χ2v) is 11.0. The molecular weight excluding hydrogens is 372 g/mol. The molecule has 5 fully saturated rings. The Labute approximate surface area is 172 Å². The number of hydrogen-bond donors (Lipinski definition) is 2. The predicted octanol–water partition coefficient (Wildman–Crippen LogP) is 2.38. The summed E-state index contributed by atoms with van der Waals surface area (Å²) in [7, 11) is 0. The van der Waals surface area contributed by atoms with E-state index in [1.165, 1.54) is 6.92 Å². The summed E-state index contributed by atoms with van der Waals surface area (Å²) in [5.74, 6) is 0.379. The Morgan fingerprint density at radius 3 is 2.45 bits per heavy atom. The van der Waals surface area contributed by atoms with Crippen LogP contribution in [0.25, 0.3) is 0 Å². The van der Waals surface area contributed by atoms with Crippen molar-refractivity contribution in [2.24, 2.45) is 28.6 Å². The average Bonchev–Trinajstić information content (AvgIpc) is 3.28. The van der Waals surface area contributed by atoms with Crippen LogP contribution >= 0.6 is 0 Å². The lowest BCUT2D eigenvalue weighted by molar-refractivity contribution is -0.173. The molecule has 5 rings (SSSR count). The molecule has 162 valence electrons. The molecule has 0 radical (unpaired) electrons. The number of epoxide rings is 1. The van der Waals surface area contributed by atoms with Gasteiger partial charge >= 0.3 is 5.97 Å². The van der Waals surface area contributed by atoms with Gasteiger partial charge in [-0.25, -0.2) is 0 Å². The SMILES string of the molecule is CC(=O)OCC(=O)[C@]1(O)CC[C@H]2[C@@H]3C[C@@H]4O[C@@]45C[C@@H](O)CC[C@]5(C)[C@H]3CC[C@@]21C. The average molecular weight is 407 g/mol. The number of fused-ring (bicyclic) bond motifs is 4. The minimum absolute atomic E-state index is 0.0730. The smallest absolute Gasteiger partial charge is 0.303 e. The van der Waals surface area contributed by atoms with Crippen LogP contribution in [0.1, 0.15) is 72.1 Å². The van der Waals surface area contributed by atoms with Crippen LogP contribution in [0, 0.1) is 28.6 Å². The summed E-state index contributed by atoms with van der Waals surface area (Å²) in [6, 6.07) is 0. The zero-order chi connectivity index (χ0) is 20.8. The minimum Gasteiger partial charge on any atom is -0.458 e. The highest BCUT2D eigenvalue weighted by molar-refractivity contribution is 5.90. The third-order valence-corrected chi connectivity index (χ3v) is 10.1. The van der Waals surface area contributed by atoms with Gasteiger partial charge in [0.25, 0.3) is 0 Å². The van der Waals surface area contributed by atoms with Crippen molar-refractivity contribution >= 4 is 11.8 Å². The standard InChI is InChI=1S/C23H34O6/c1-13(24)28-12-18(26)22(27)9-6-16-15-10-19-23(29-19)11-14(25)4-7-21(23,3)17(15)5-8-20(16,22)2/h14-17,19,25,27H,4-12H2,1-3H3/t14-,15-,16-,17-,19-,20-,21+,22+,23-/m0/s1. The number of ketones is 1. The van der Waals surface area contributed by atoms with Gasteiger partial charge in [-0.15, -0.1) is 0 Å². The van der Waals surface area contributed by atoms with Gasteiger partial charge in [0.2, 0.25) is 5.78 Å². The summed E-state index contributed by atoms with van der Waals surface area (Å²) in [4.78, 5) is 24.1. The maximum atomic E-state index is 12.9. The van der Waals surface area contributed by atoms with Gasteiger partial charge in [0.1, 0.15) is 11.2 Å². The van der Waals surface area contributed by atoms with Gasteiger partial charge in [-0.1, -0.05) is 13.8 Å². The number of Topliss-reactive ketones (excluding diaryl/α,β-unsaturated/α-hetero) is 1. The number of carbonyl (C=O) groups is 2. The molecule has 2 N–H and O–H groups in total. The molecule has 0 amide bonds. The second-order valence-electron chi connectivity index (χ2n) is 11.0. The van der Waals surface area contributed by atoms with Crippen LogP contribution in [-0.2, 0) is 19.1 Å². The molecule has 0 aromatic rings. The van der Waals surface area contributed by atoms with E-state index in [0.717, 1.165) is 44.9 Å². The topological polar surface area (TPSA) is 96.4 Å². The molecule has 1 heterocycles. The van der Waals surface area contributed by atoms with Gasteiger partial charge in [0.15, 0.2) is 6.61 Å². The van der Waals surface area contributed by atoms with Gasteiger partial charge in [-0.3, -0.25) is 9.59 Å². The van der Waals surface area contributed by atoms with E-state index >= 15 is 0 Å². The van der Waals surface area contributed by atoms with Gasteiger partial charge in [-0.05, 0) is 62.7 Å². The van der Waals surface area contributed by atoms with Crippen LogP contribution in [-0.4, -0.2) is 52.0 Å². The number of rotatable bonds is 3. The summed E-state index contributed by atoms with van der Waals surface area (Å²) >= 11 is 0. The van der Waals surface area contributed by atoms with Crippen molar-refractivity contribution in [3.8, 4) is 0 Å². The Bertz CT molecular complexity index is 752. The third-order valence-electron chi connectivity index (χ3n) is 10.1. The van der Waals surface area contributed by atoms with Gasteiger partial charge in [-0.2, -0.15) is 0 Å². The second kappa shape index (κ2) is 6.04. The number of ether oxygens (including phenoxy) is 2. The van der Waals surface area contributed by atoms with Crippen molar-refractivity contribution in [3.05, 3.63) is 0 Å². The molecule has 6 heteroatoms. The molecule has 0 unspecified atom stereocenters. The van der Waals surface area contributed by atoms with Crippen LogP contribution < -0.4 is 0 Å². The summed E-state index contributed by atoms with van der Waals surface area (Å²) in [5.41, 5.74) is -1.98. The Kier molecular flexibility index (Phi) is 4.16. The maximum Gasteiger partial charge on any atom is 0.303 e. The van der Waals surface area contributed by atoms with Crippen molar-refractivity contribution in [1.29, 1.82) is 0 Å². The maximum absolute atomic E-state index is 12.9. The fourth-order valence-corrected chi connectivity index (χ4v) is 8.42. The van der Waals surface area contributed by atoms with Gasteiger partial charge < -0.3 is 19.7 Å². The number of carbonyl (C=O) groups excluding carboxylic acids is 2. The number of aliphatic hydroxyl groups is 2. The van der Waals surface area contributed by atoms with E-state index in [-0.39, 0.29) is 41.5 Å². The van der Waals surface area contributed by atoms with E-state index in [9.17, 15) is 19.8 Å². The van der Waals surface area contributed by atoms with Gasteiger partial charge in [0.05, 0.1) is 12.2 Å². The van der Waals surface area contributed by atoms with Crippen LogP contribution in [0.2, 0.25) is 0 Å². The number of esters is 1. The summed E-state index contributed by atoms with van der Waals surface area (Å²) in [5, 5.41) is 21.8. The van der Waals surface area contributed by atoms with Crippen molar-refractivity contribution in [2.45, 2.75) is 95.5 Å². The lowest BCUT2D eigenvalue weighted by Crippen LogP contribution is -2.61. The van der Waals surface area contributed by atoms with Crippen LogP contribution in [0.15, 0.2) is 0 Å². The van der Waals surface area contributed by atoms with E-state index in [2.05, 4.69) is 13.8 Å². The normalized spacial score (nSPS) is 55.1. The Morgan fingerprint density at radius 2 is 1.72 bits per heavy atom. The van der Waals surface area contributed by atoms with Crippen molar-refractivity contribution in [1.82, 2.24) is 0 Å². The fourth-order valence-electron chi connectivity index (χ4n) is 8.42. The Morgan fingerprint density at radius 1 is 1.07 bits per heavy atom. The third kappa shape index (κ3) is 2.40. The molecule has 29 heavy (non-hydrogen) atoms. The van der Waals surface area contributed by atoms with Crippen LogP contribution in [0.3, 0.4) is 0 Å². The first-order valence-corrected chi connectivity index (χ1v) is 11.3. The monoisotopic (exact) mass is 406 g/mol. The number of hydrogen-bond acceptors (Lipinski definition) is 6. The molecule has 9 atom stereocenters. The molecule has 0 aromatic heterocycles. The first kappa shape index (κ1) is 20.0. The highest BCUT2D eigenvalue weighted by atomic mass is 16.6. The van der Waals surface area contributed by atoms with E-state index in [1.807, 2.05) is 0 Å². The lowest BCUT2D eigenvalue weighted by Gasteiger charge is -2.59. The predicted molar refractivity (Wildman–Crippen MR) is 104 cm³/mol. The largest absolute Gasteiger partial charge is 0.458 e. The quantitative estimate of drug-likeness (QED) is 0.552. The summed E-state index contributed by atoms with van der Waals surface area (Å²) in [6.07, 6.45) is 6.57. The molecule has 6 nitrogen and oxygen atoms in total. The highest BCUT2D eigenvalue weighted by Crippen LogP contribution is 2.74. The molecular formula is C23H34O6. The van der Waals surface area contributed by atoms with Crippen molar-refractivity contribution in [3.63, 3.8) is 0 Å². The van der Waals surface area contributed by atoms with Crippen molar-refractivity contribution < 1.29 is 29.3 Å².